The minimum atomic E-state index is -4.75. The molecular formula is C29H44N7O13P. The molecule has 1 fully saturated rings. The van der Waals surface area contributed by atoms with Gasteiger partial charge in [-0.3, -0.25) is 43.3 Å². The topological polar surface area (TPSA) is 330 Å². The number of benzene rings is 1. The molecule has 0 radical (unpaired) electrons. The van der Waals surface area contributed by atoms with E-state index < -0.39 is 91.6 Å². The molecule has 0 aliphatic carbocycles. The fourth-order valence-corrected chi connectivity index (χ4v) is 5.35. The van der Waals surface area contributed by atoms with Crippen molar-refractivity contribution >= 4 is 49.2 Å². The summed E-state index contributed by atoms with van der Waals surface area (Å²) < 4.78 is 15.5. The van der Waals surface area contributed by atoms with Gasteiger partial charge in [0.25, 0.3) is 0 Å². The van der Waals surface area contributed by atoms with Gasteiger partial charge in [0.2, 0.25) is 35.4 Å². The lowest BCUT2D eigenvalue weighted by molar-refractivity contribution is -0.143. The van der Waals surface area contributed by atoms with Gasteiger partial charge in [-0.1, -0.05) is 12.1 Å². The van der Waals surface area contributed by atoms with Gasteiger partial charge in [0.05, 0.1) is 12.1 Å². The zero-order chi connectivity index (χ0) is 37.9. The number of hydrogen-bond donors (Lipinski definition) is 10. The van der Waals surface area contributed by atoms with Gasteiger partial charge >= 0.3 is 13.8 Å². The number of carboxylic acids is 1. The average molecular weight is 730 g/mol. The highest BCUT2D eigenvalue weighted by molar-refractivity contribution is 7.46. The first-order valence-electron chi connectivity index (χ1n) is 15.5. The van der Waals surface area contributed by atoms with E-state index in [1.807, 2.05) is 0 Å². The predicted octanol–water partition coefficient (Wildman–Crippen LogP) is -3.27. The van der Waals surface area contributed by atoms with Crippen molar-refractivity contribution in [1.29, 1.82) is 0 Å². The number of aliphatic hydroxyl groups excluding tert-OH is 1. The number of carbonyl (C=O) groups is 7. The zero-order valence-electron chi connectivity index (χ0n) is 27.6. The second kappa shape index (κ2) is 18.4. The van der Waals surface area contributed by atoms with Gasteiger partial charge in [0.1, 0.15) is 36.0 Å². The summed E-state index contributed by atoms with van der Waals surface area (Å²) >= 11 is 0. The molecule has 21 heteroatoms. The van der Waals surface area contributed by atoms with Crippen LogP contribution in [0, 0.1) is 0 Å². The van der Waals surface area contributed by atoms with E-state index in [0.717, 1.165) is 0 Å². The molecule has 0 unspecified atom stereocenters. The normalized spacial score (nSPS) is 18.0. The molecule has 0 aromatic heterocycles. The Labute approximate surface area is 286 Å². The molecule has 2 rings (SSSR count). The first kappa shape index (κ1) is 41.6. The average Bonchev–Trinajstić information content (AvgIpc) is 3.51. The molecule has 1 heterocycles. The monoisotopic (exact) mass is 729 g/mol. The number of hydrogen-bond acceptors (Lipinski definition) is 11. The predicted molar refractivity (Wildman–Crippen MR) is 172 cm³/mol. The van der Waals surface area contributed by atoms with Crippen LogP contribution < -0.4 is 37.3 Å². The third-order valence-corrected chi connectivity index (χ3v) is 8.06. The molecule has 12 N–H and O–H groups in total. The summed E-state index contributed by atoms with van der Waals surface area (Å²) in [7, 11) is -4.75. The molecule has 0 saturated carbocycles. The number of phosphoric acid groups is 1. The maximum absolute atomic E-state index is 13.4. The highest BCUT2D eigenvalue weighted by Gasteiger charge is 2.39. The number of carbonyl (C=O) groups excluding carboxylic acids is 6. The minimum absolute atomic E-state index is 0.00258. The summed E-state index contributed by atoms with van der Waals surface area (Å²) in [5.74, 6) is -6.37. The quantitative estimate of drug-likeness (QED) is 0.0663. The highest BCUT2D eigenvalue weighted by atomic mass is 31.2. The second-order valence-electron chi connectivity index (χ2n) is 11.8. The van der Waals surface area contributed by atoms with Gasteiger partial charge in [-0.15, -0.1) is 0 Å². The van der Waals surface area contributed by atoms with Crippen molar-refractivity contribution < 1.29 is 62.7 Å². The van der Waals surface area contributed by atoms with E-state index in [-0.39, 0.29) is 38.0 Å². The fourth-order valence-electron chi connectivity index (χ4n) is 4.95. The number of aliphatic hydroxyl groups is 1. The van der Waals surface area contributed by atoms with E-state index in [1.54, 1.807) is 0 Å². The Morgan fingerprint density at radius 2 is 1.54 bits per heavy atom. The number of nitrogens with two attached hydrogens (primary N) is 2. The first-order valence-corrected chi connectivity index (χ1v) is 17.0. The number of carboxylic acid groups (broad SMARTS) is 1. The highest BCUT2D eigenvalue weighted by Crippen LogP contribution is 2.37. The number of aliphatic carboxylic acids is 1. The van der Waals surface area contributed by atoms with Crippen LogP contribution in [0.2, 0.25) is 0 Å². The number of amides is 6. The third kappa shape index (κ3) is 13.0. The molecule has 7 atom stereocenters. The van der Waals surface area contributed by atoms with Crippen molar-refractivity contribution in [1.82, 2.24) is 26.2 Å². The maximum Gasteiger partial charge on any atom is 0.524 e. The van der Waals surface area contributed by atoms with E-state index in [2.05, 4.69) is 25.8 Å². The molecule has 20 nitrogen and oxygen atoms in total. The number of rotatable bonds is 18. The largest absolute Gasteiger partial charge is 0.524 e. The van der Waals surface area contributed by atoms with Crippen LogP contribution in [0.1, 0.15) is 52.0 Å². The van der Waals surface area contributed by atoms with Crippen LogP contribution in [0.5, 0.6) is 5.75 Å². The summed E-state index contributed by atoms with van der Waals surface area (Å²) in [6, 6.07) is -2.28. The molecule has 278 valence electrons. The van der Waals surface area contributed by atoms with Crippen molar-refractivity contribution in [2.24, 2.45) is 11.5 Å². The first-order chi connectivity index (χ1) is 23.2. The summed E-state index contributed by atoms with van der Waals surface area (Å²) in [5.41, 5.74) is 11.8. The standard InChI is InChI=1S/C29H44N7O13P/c1-14(32-24(39)19(30)13-17-6-8-18(9-7-17)49-50(46,47)48)28(43)36-12-4-5-21(36)26(41)34-20(10-11-22(31)38)25(40)35-23(16(3)37)27(42)33-15(2)29(44)45/h6-9,14-16,19-21,23,37H,4-5,10-13,30H2,1-3H3,(H2,31,38)(H,32,39)(H,33,42)(H,34,41)(H,35,40)(H,44,45)(H2,46,47,48)/t14-,15-,16+,19-,20-,21-,23-/m0/s1. The minimum Gasteiger partial charge on any atom is -0.480 e. The molecule has 1 aromatic rings. The van der Waals surface area contributed by atoms with Crippen LogP contribution in [0.4, 0.5) is 0 Å². The molecule has 0 bridgehead atoms. The van der Waals surface area contributed by atoms with Crippen molar-refractivity contribution in [2.75, 3.05) is 6.54 Å². The van der Waals surface area contributed by atoms with Gasteiger partial charge < -0.3 is 52.4 Å². The lowest BCUT2D eigenvalue weighted by atomic mass is 10.1. The molecule has 1 saturated heterocycles. The maximum atomic E-state index is 13.4. The molecule has 50 heavy (non-hydrogen) atoms. The Bertz CT molecular complexity index is 1470. The lowest BCUT2D eigenvalue weighted by Crippen LogP contribution is -2.60. The van der Waals surface area contributed by atoms with Gasteiger partial charge in [-0.25, -0.2) is 4.57 Å². The lowest BCUT2D eigenvalue weighted by Gasteiger charge is -2.29. The van der Waals surface area contributed by atoms with E-state index in [4.69, 9.17) is 26.4 Å². The van der Waals surface area contributed by atoms with Gasteiger partial charge in [-0.05, 0) is 64.2 Å². The SMILES string of the molecule is C[C@H](NC(=O)[C@@H](NC(=O)[C@H](CCC(N)=O)NC(=O)[C@@H]1CCCN1C(=O)[C@H](C)NC(=O)[C@@H](N)Cc1ccc(OP(=O)(O)O)cc1)[C@@H](C)O)C(=O)O. The van der Waals surface area contributed by atoms with Crippen molar-refractivity contribution in [3.8, 4) is 5.75 Å². The van der Waals surface area contributed by atoms with Gasteiger partial charge in [0, 0.05) is 13.0 Å². The number of nitrogens with one attached hydrogen (secondary N) is 4. The zero-order valence-corrected chi connectivity index (χ0v) is 28.5. The van der Waals surface area contributed by atoms with E-state index in [0.29, 0.717) is 12.0 Å². The fraction of sp³-hybridized carbons (Fsp3) is 0.552. The molecular weight excluding hydrogens is 685 g/mol. The summed E-state index contributed by atoms with van der Waals surface area (Å²) in [4.78, 5) is 107. The molecule has 0 spiro atoms. The third-order valence-electron chi connectivity index (χ3n) is 7.61. The van der Waals surface area contributed by atoms with Crippen molar-refractivity contribution in [2.45, 2.75) is 95.2 Å². The van der Waals surface area contributed by atoms with Crippen LogP contribution in [-0.2, 0) is 44.5 Å². The Hall–Kier alpha value is -4.62. The molecule has 1 aliphatic heterocycles. The molecule has 1 aliphatic rings. The van der Waals surface area contributed by atoms with Crippen LogP contribution in [0.15, 0.2) is 24.3 Å². The van der Waals surface area contributed by atoms with Crippen LogP contribution >= 0.6 is 7.82 Å². The van der Waals surface area contributed by atoms with Crippen LogP contribution in [-0.4, -0.2) is 115 Å². The number of phosphoric ester groups is 1. The summed E-state index contributed by atoms with van der Waals surface area (Å²) in [6.07, 6.45) is -1.57. The Morgan fingerprint density at radius 1 is 0.940 bits per heavy atom. The molecule has 6 amide bonds. The van der Waals surface area contributed by atoms with Crippen molar-refractivity contribution in [3.05, 3.63) is 29.8 Å². The Morgan fingerprint density at radius 3 is 2.08 bits per heavy atom. The molecule has 1 aromatic carbocycles. The summed E-state index contributed by atoms with van der Waals surface area (Å²) in [5, 5.41) is 28.5. The van der Waals surface area contributed by atoms with Crippen LogP contribution in [0.3, 0.4) is 0 Å². The number of primary amides is 1. The van der Waals surface area contributed by atoms with Gasteiger partial charge in [0.15, 0.2) is 0 Å². The van der Waals surface area contributed by atoms with E-state index in [9.17, 15) is 43.2 Å². The number of nitrogens with zero attached hydrogens (tertiary/aromatic N) is 1. The van der Waals surface area contributed by atoms with Gasteiger partial charge in [-0.2, -0.15) is 0 Å². The second-order valence-corrected chi connectivity index (χ2v) is 13.0. The Balaban J connectivity index is 2.08. The summed E-state index contributed by atoms with van der Waals surface area (Å²) in [6.45, 7) is 3.87. The van der Waals surface area contributed by atoms with E-state index >= 15 is 0 Å². The van der Waals surface area contributed by atoms with Crippen molar-refractivity contribution in [3.63, 3.8) is 0 Å². The van der Waals surface area contributed by atoms with E-state index in [1.165, 1.54) is 49.9 Å². The Kier molecular flexibility index (Phi) is 15.3. The smallest absolute Gasteiger partial charge is 0.480 e. The van der Waals surface area contributed by atoms with Crippen LogP contribution in [0.25, 0.3) is 0 Å². The number of likely N-dealkylation sites (tertiary alicyclic amines) is 1.